The van der Waals surface area contributed by atoms with E-state index in [0.717, 1.165) is 50.9 Å². The average molecular weight is 494 g/mol. The van der Waals surface area contributed by atoms with Crippen LogP contribution >= 0.6 is 11.6 Å². The Kier molecular flexibility index (Phi) is 11.7. The van der Waals surface area contributed by atoms with Gasteiger partial charge in [-0.2, -0.15) is 0 Å². The van der Waals surface area contributed by atoms with Crippen LogP contribution in [0.25, 0.3) is 5.41 Å². The summed E-state index contributed by atoms with van der Waals surface area (Å²) in [5.41, 5.74) is 0.561. The minimum Gasteiger partial charge on any atom is -0.900 e. The van der Waals surface area contributed by atoms with Gasteiger partial charge in [0.2, 0.25) is 0 Å². The van der Waals surface area contributed by atoms with E-state index in [-0.39, 0.29) is 54.7 Å². The van der Waals surface area contributed by atoms with Crippen LogP contribution in [0.4, 0.5) is 0 Å². The molecule has 0 aromatic heterocycles. The topological polar surface area (TPSA) is 81.4 Å². The Morgan fingerprint density at radius 3 is 2.23 bits per heavy atom. The molecule has 0 N–H and O–H groups in total. The van der Waals surface area contributed by atoms with Gasteiger partial charge >= 0.3 is 18.9 Å². The first-order valence-electron chi connectivity index (χ1n) is 11.9. The number of morpholine rings is 1. The molecule has 0 unspecified atom stereocenters. The second-order valence-electron chi connectivity index (χ2n) is 8.98. The van der Waals surface area contributed by atoms with Crippen molar-refractivity contribution < 1.29 is 37.9 Å². The summed E-state index contributed by atoms with van der Waals surface area (Å²) in [7, 11) is 0. The first-order valence-corrected chi connectivity index (χ1v) is 12.2. The molecule has 2 atom stereocenters. The number of ether oxygens (including phenoxy) is 2. The zero-order valence-electron chi connectivity index (χ0n) is 21.0. The smallest absolute Gasteiger partial charge is 0.900 e. The van der Waals surface area contributed by atoms with Crippen LogP contribution in [0, 0.1) is 13.0 Å². The number of carbonyl (C=O) groups is 2. The molecule has 0 spiro atoms. The molecular formula is C26H33ClLiN3O4-2. The van der Waals surface area contributed by atoms with Gasteiger partial charge in [0.25, 0.3) is 0 Å². The summed E-state index contributed by atoms with van der Waals surface area (Å²) in [6, 6.07) is 7.35. The van der Waals surface area contributed by atoms with Crippen molar-refractivity contribution in [2.45, 2.75) is 64.3 Å². The number of hydrogen-bond donors (Lipinski definition) is 0. The van der Waals surface area contributed by atoms with E-state index < -0.39 is 0 Å². The fourth-order valence-corrected chi connectivity index (χ4v) is 4.47. The number of carbonyl (C=O) groups excluding carboxylic acids is 2. The summed E-state index contributed by atoms with van der Waals surface area (Å²) in [6.45, 7) is 9.82. The van der Waals surface area contributed by atoms with Crippen molar-refractivity contribution >= 4 is 29.1 Å². The molecular weight excluding hydrogens is 461 g/mol. The minimum absolute atomic E-state index is 0. The van der Waals surface area contributed by atoms with E-state index in [4.69, 9.17) is 21.1 Å². The molecule has 2 aliphatic heterocycles. The first kappa shape index (κ1) is 29.3. The Balaban J connectivity index is 0.000000240. The van der Waals surface area contributed by atoms with Gasteiger partial charge in [0.15, 0.2) is 0 Å². The van der Waals surface area contributed by atoms with Crippen LogP contribution in [-0.2, 0) is 14.3 Å². The van der Waals surface area contributed by atoms with Gasteiger partial charge in [0.05, 0.1) is 18.1 Å². The van der Waals surface area contributed by atoms with E-state index in [0.29, 0.717) is 23.7 Å². The van der Waals surface area contributed by atoms with Crippen LogP contribution in [-0.4, -0.2) is 71.8 Å². The molecule has 7 nitrogen and oxygen atoms in total. The van der Waals surface area contributed by atoms with Gasteiger partial charge < -0.3 is 36.4 Å². The van der Waals surface area contributed by atoms with Crippen molar-refractivity contribution in [1.82, 2.24) is 9.80 Å². The average Bonchev–Trinajstić information content (AvgIpc) is 3.35. The Hall–Kier alpha value is -1.91. The van der Waals surface area contributed by atoms with Crippen LogP contribution in [0.15, 0.2) is 29.8 Å². The maximum atomic E-state index is 12.1. The van der Waals surface area contributed by atoms with Crippen LogP contribution < -0.4 is 23.6 Å². The zero-order valence-corrected chi connectivity index (χ0v) is 21.7. The number of nitrogens with zero attached hydrogens (tertiary/aromatic N) is 3. The standard InChI is InChI=1S/C13H15ClNO2.C13H18N2O2.Li/c1-10(16)15-8-6-13(7-9-15)17-12-4-2-11(14)3-5-12;1-9-7-15(8-10(2)17-9)13(16)12(14)11-5-3-4-6-11;/h2-5,13H,1,6-9H2;9-10H,3-5,7-8H2,1-2H3;/q-1;-2;+1/t;9-,10+;. The van der Waals surface area contributed by atoms with Crippen molar-refractivity contribution in [1.29, 1.82) is 0 Å². The third-order valence-corrected chi connectivity index (χ3v) is 6.30. The SMILES string of the molecule is C[C@@H]1CN(C(=O)C(=[N-])C2=[C-]CCC2)C[C@H](C)O1.[CH2-]C(=O)N1CCC(Oc2ccc(Cl)cc2)CC1.[Li+]. The molecule has 2 fully saturated rings. The number of hydrogen-bond acceptors (Lipinski definition) is 4. The first-order chi connectivity index (χ1) is 16.2. The van der Waals surface area contributed by atoms with E-state index >= 15 is 0 Å². The largest absolute Gasteiger partial charge is 1.00 e. The van der Waals surface area contributed by atoms with Gasteiger partial charge in [0.1, 0.15) is 17.8 Å². The number of benzene rings is 1. The maximum Gasteiger partial charge on any atom is 1.00 e. The van der Waals surface area contributed by atoms with E-state index in [1.54, 1.807) is 9.80 Å². The van der Waals surface area contributed by atoms with Crippen LogP contribution in [0.3, 0.4) is 0 Å². The fraction of sp³-hybridized carbons (Fsp3) is 0.538. The van der Waals surface area contributed by atoms with Gasteiger partial charge in [0, 0.05) is 44.0 Å². The molecule has 0 bridgehead atoms. The van der Waals surface area contributed by atoms with Gasteiger partial charge in [-0.05, 0) is 38.1 Å². The minimum atomic E-state index is -0.281. The predicted molar refractivity (Wildman–Crippen MR) is 133 cm³/mol. The summed E-state index contributed by atoms with van der Waals surface area (Å²) < 4.78 is 11.4. The fourth-order valence-electron chi connectivity index (χ4n) is 4.35. The molecule has 3 aliphatic rings. The van der Waals surface area contributed by atoms with Gasteiger partial charge in [-0.15, -0.1) is 6.42 Å². The summed E-state index contributed by atoms with van der Waals surface area (Å²) in [5, 5.41) is 10.6. The molecule has 2 heterocycles. The number of halogens is 1. The number of rotatable bonds is 4. The Labute approximate surface area is 225 Å². The molecule has 9 heteroatoms. The maximum absolute atomic E-state index is 12.1. The molecule has 186 valence electrons. The summed E-state index contributed by atoms with van der Waals surface area (Å²) in [4.78, 5) is 26.6. The molecule has 1 aliphatic carbocycles. The van der Waals surface area contributed by atoms with Crippen molar-refractivity contribution in [3.63, 3.8) is 0 Å². The van der Waals surface area contributed by atoms with E-state index in [1.807, 2.05) is 38.1 Å². The van der Waals surface area contributed by atoms with Gasteiger partial charge in [-0.1, -0.05) is 24.4 Å². The summed E-state index contributed by atoms with van der Waals surface area (Å²) >= 11 is 5.80. The van der Waals surface area contributed by atoms with Crippen molar-refractivity contribution in [3.8, 4) is 5.75 Å². The predicted octanol–water partition coefficient (Wildman–Crippen LogP) is 1.09. The van der Waals surface area contributed by atoms with Crippen molar-refractivity contribution in [2.75, 3.05) is 26.2 Å². The van der Waals surface area contributed by atoms with Crippen LogP contribution in [0.5, 0.6) is 5.75 Å². The van der Waals surface area contributed by atoms with E-state index in [2.05, 4.69) is 13.0 Å². The molecule has 0 radical (unpaired) electrons. The third-order valence-electron chi connectivity index (χ3n) is 6.05. The second kappa shape index (κ2) is 14.0. The molecule has 2 amide bonds. The third kappa shape index (κ3) is 8.91. The Morgan fingerprint density at radius 2 is 1.71 bits per heavy atom. The molecule has 35 heavy (non-hydrogen) atoms. The number of allylic oxidation sites excluding steroid dienone is 1. The molecule has 4 rings (SSSR count). The monoisotopic (exact) mass is 493 g/mol. The van der Waals surface area contributed by atoms with E-state index in [9.17, 15) is 15.0 Å². The summed E-state index contributed by atoms with van der Waals surface area (Å²) in [6.07, 6.45) is 7.54. The number of amides is 2. The van der Waals surface area contributed by atoms with Crippen molar-refractivity contribution in [3.05, 3.63) is 53.3 Å². The van der Waals surface area contributed by atoms with Crippen LogP contribution in [0.1, 0.15) is 46.0 Å². The Bertz CT molecular complexity index is 890. The Morgan fingerprint density at radius 1 is 1.11 bits per heavy atom. The summed E-state index contributed by atoms with van der Waals surface area (Å²) in [5.74, 6) is 0.445. The number of likely N-dealkylation sites (tertiary alicyclic amines) is 1. The van der Waals surface area contributed by atoms with Crippen LogP contribution in [0.2, 0.25) is 5.02 Å². The molecule has 2 saturated heterocycles. The van der Waals surface area contributed by atoms with E-state index in [1.165, 1.54) is 0 Å². The van der Waals surface area contributed by atoms with Crippen molar-refractivity contribution in [2.24, 2.45) is 0 Å². The molecule has 1 aromatic rings. The quantitative estimate of drug-likeness (QED) is 0.357. The zero-order chi connectivity index (χ0) is 24.7. The van der Waals surface area contributed by atoms with Gasteiger partial charge in [-0.3, -0.25) is 16.6 Å². The number of piperidine rings is 1. The van der Waals surface area contributed by atoms with Gasteiger partial charge in [-0.25, -0.2) is 5.57 Å². The normalized spacial score (nSPS) is 22.3. The molecule has 0 saturated carbocycles. The second-order valence-corrected chi connectivity index (χ2v) is 9.41. The molecule has 1 aromatic carbocycles.